The lowest BCUT2D eigenvalue weighted by atomic mass is 10.2. The number of benzene rings is 1. The summed E-state index contributed by atoms with van der Waals surface area (Å²) in [6.45, 7) is 2.95. The van der Waals surface area contributed by atoms with E-state index in [1.807, 2.05) is 38.4 Å². The van der Waals surface area contributed by atoms with Crippen LogP contribution in [0.15, 0.2) is 24.3 Å². The van der Waals surface area contributed by atoms with Gasteiger partial charge in [0, 0.05) is 18.7 Å². The zero-order valence-electron chi connectivity index (χ0n) is 13.7. The summed E-state index contributed by atoms with van der Waals surface area (Å²) in [6.07, 6.45) is 2.00. The first-order chi connectivity index (χ1) is 10.2. The fraction of sp³-hybridized carbons (Fsp3) is 0.562. The van der Waals surface area contributed by atoms with E-state index in [9.17, 15) is 4.79 Å². The molecule has 1 atom stereocenters. The maximum Gasteiger partial charge on any atom is 0.237 e. The highest BCUT2D eigenvalue weighted by atomic mass is 35.5. The average Bonchev–Trinajstić information content (AvgIpc) is 3.00. The molecule has 1 heterocycles. The van der Waals surface area contributed by atoms with Gasteiger partial charge in [-0.1, -0.05) is 18.2 Å². The number of carbonyl (C=O) groups is 1. The van der Waals surface area contributed by atoms with Crippen molar-refractivity contribution in [3.63, 3.8) is 0 Å². The molecule has 23 heavy (non-hydrogen) atoms. The molecule has 5 nitrogen and oxygen atoms in total. The fourth-order valence-electron chi connectivity index (χ4n) is 2.34. The van der Waals surface area contributed by atoms with E-state index in [1.165, 1.54) is 0 Å². The van der Waals surface area contributed by atoms with Crippen molar-refractivity contribution in [1.29, 1.82) is 0 Å². The maximum absolute atomic E-state index is 12.0. The molecule has 0 bridgehead atoms. The van der Waals surface area contributed by atoms with Crippen LogP contribution in [0.25, 0.3) is 0 Å². The van der Waals surface area contributed by atoms with Gasteiger partial charge in [0.05, 0.1) is 6.04 Å². The number of hydrogen-bond acceptors (Lipinski definition) is 4. The number of hydrogen-bond donors (Lipinski definition) is 2. The number of amides is 1. The third kappa shape index (κ3) is 7.40. The number of halogens is 2. The van der Waals surface area contributed by atoms with E-state index in [2.05, 4.69) is 15.5 Å². The summed E-state index contributed by atoms with van der Waals surface area (Å²) >= 11 is 0. The normalized spacial score (nSPS) is 16.4. The Balaban J connectivity index is 0.00000242. The lowest BCUT2D eigenvalue weighted by Gasteiger charge is -2.15. The third-order valence-electron chi connectivity index (χ3n) is 3.60. The van der Waals surface area contributed by atoms with Crippen LogP contribution in [0.3, 0.4) is 0 Å². The van der Waals surface area contributed by atoms with E-state index in [-0.39, 0.29) is 36.8 Å². The Hall–Kier alpha value is -1.01. The predicted molar refractivity (Wildman–Crippen MR) is 97.9 cm³/mol. The number of para-hydroxylation sites is 1. The first kappa shape index (κ1) is 22.0. The second kappa shape index (κ2) is 11.5. The first-order valence-corrected chi connectivity index (χ1v) is 7.53. The molecule has 1 aromatic carbocycles. The van der Waals surface area contributed by atoms with Crippen molar-refractivity contribution >= 4 is 30.7 Å². The summed E-state index contributed by atoms with van der Waals surface area (Å²) < 4.78 is 5.80. The molecular formula is C16H27Cl2N3O2. The SMILES string of the molecule is CN(C)CCOc1ccccc1CNC(=O)C1CCCN1.Cl.Cl. The van der Waals surface area contributed by atoms with Crippen LogP contribution in [0.5, 0.6) is 5.75 Å². The molecule has 1 aliphatic heterocycles. The van der Waals surface area contributed by atoms with Gasteiger partial charge in [-0.05, 0) is 39.5 Å². The van der Waals surface area contributed by atoms with Crippen molar-refractivity contribution in [2.45, 2.75) is 25.4 Å². The summed E-state index contributed by atoms with van der Waals surface area (Å²) in [5.41, 5.74) is 1.02. The zero-order valence-corrected chi connectivity index (χ0v) is 15.3. The van der Waals surface area contributed by atoms with Crippen molar-refractivity contribution in [1.82, 2.24) is 15.5 Å². The molecule has 0 aromatic heterocycles. The Labute approximate surface area is 151 Å². The Morgan fingerprint density at radius 2 is 2.09 bits per heavy atom. The van der Waals surface area contributed by atoms with Crippen LogP contribution in [0.4, 0.5) is 0 Å². The van der Waals surface area contributed by atoms with Crippen LogP contribution in [0, 0.1) is 0 Å². The molecule has 1 unspecified atom stereocenters. The molecule has 0 spiro atoms. The molecule has 2 N–H and O–H groups in total. The van der Waals surface area contributed by atoms with E-state index in [1.54, 1.807) is 0 Å². The predicted octanol–water partition coefficient (Wildman–Crippen LogP) is 1.84. The molecule has 0 saturated carbocycles. The van der Waals surface area contributed by atoms with Gasteiger partial charge in [0.15, 0.2) is 0 Å². The van der Waals surface area contributed by atoms with Crippen LogP contribution in [0.1, 0.15) is 18.4 Å². The minimum atomic E-state index is -0.0354. The van der Waals surface area contributed by atoms with Crippen molar-refractivity contribution in [3.05, 3.63) is 29.8 Å². The number of likely N-dealkylation sites (N-methyl/N-ethyl adjacent to an activating group) is 1. The first-order valence-electron chi connectivity index (χ1n) is 7.53. The Morgan fingerprint density at radius 3 is 2.74 bits per heavy atom. The summed E-state index contributed by atoms with van der Waals surface area (Å²) in [5.74, 6) is 0.926. The minimum absolute atomic E-state index is 0. The monoisotopic (exact) mass is 363 g/mol. The van der Waals surface area contributed by atoms with Crippen molar-refractivity contribution in [3.8, 4) is 5.75 Å². The molecule has 0 aliphatic carbocycles. The Morgan fingerprint density at radius 1 is 1.35 bits per heavy atom. The molecule has 132 valence electrons. The fourth-order valence-corrected chi connectivity index (χ4v) is 2.34. The maximum atomic E-state index is 12.0. The second-order valence-electron chi connectivity index (χ2n) is 5.63. The topological polar surface area (TPSA) is 53.6 Å². The number of nitrogens with one attached hydrogen (secondary N) is 2. The van der Waals surface area contributed by atoms with E-state index in [0.717, 1.165) is 37.2 Å². The molecule has 1 aliphatic rings. The Bertz CT molecular complexity index is 466. The third-order valence-corrected chi connectivity index (χ3v) is 3.60. The lowest BCUT2D eigenvalue weighted by molar-refractivity contribution is -0.122. The highest BCUT2D eigenvalue weighted by Crippen LogP contribution is 2.18. The summed E-state index contributed by atoms with van der Waals surface area (Å²) in [6, 6.07) is 7.83. The standard InChI is InChI=1S/C16H25N3O2.2ClH/c1-19(2)10-11-21-15-8-4-3-6-13(15)12-18-16(20)14-7-5-9-17-14;;/h3-4,6,8,14,17H,5,7,9-12H2,1-2H3,(H,18,20);2*1H. The quantitative estimate of drug-likeness (QED) is 0.775. The molecule has 1 saturated heterocycles. The molecule has 1 fully saturated rings. The van der Waals surface area contributed by atoms with Crippen LogP contribution in [-0.2, 0) is 11.3 Å². The molecule has 2 rings (SSSR count). The summed E-state index contributed by atoms with van der Waals surface area (Å²) in [4.78, 5) is 14.1. The molecule has 1 aromatic rings. The highest BCUT2D eigenvalue weighted by Gasteiger charge is 2.21. The number of nitrogens with zero attached hydrogens (tertiary/aromatic N) is 1. The lowest BCUT2D eigenvalue weighted by Crippen LogP contribution is -2.40. The minimum Gasteiger partial charge on any atom is -0.492 e. The van der Waals surface area contributed by atoms with Crippen LogP contribution >= 0.6 is 24.8 Å². The van der Waals surface area contributed by atoms with Crippen molar-refractivity contribution < 1.29 is 9.53 Å². The number of ether oxygens (including phenoxy) is 1. The molecule has 0 radical (unpaired) electrons. The molecule has 7 heteroatoms. The molecule has 1 amide bonds. The van der Waals surface area contributed by atoms with Gasteiger partial charge in [0.1, 0.15) is 12.4 Å². The molecular weight excluding hydrogens is 337 g/mol. The highest BCUT2D eigenvalue weighted by molar-refractivity contribution is 5.85. The van der Waals surface area contributed by atoms with Gasteiger partial charge in [-0.2, -0.15) is 0 Å². The summed E-state index contributed by atoms with van der Waals surface area (Å²) in [5, 5.41) is 6.19. The van der Waals surface area contributed by atoms with E-state index >= 15 is 0 Å². The van der Waals surface area contributed by atoms with Gasteiger partial charge in [-0.15, -0.1) is 24.8 Å². The zero-order chi connectivity index (χ0) is 15.1. The largest absolute Gasteiger partial charge is 0.492 e. The van der Waals surface area contributed by atoms with Gasteiger partial charge in [0.2, 0.25) is 5.91 Å². The average molecular weight is 364 g/mol. The Kier molecular flexibility index (Phi) is 11.0. The van der Waals surface area contributed by atoms with Gasteiger partial charge in [-0.25, -0.2) is 0 Å². The smallest absolute Gasteiger partial charge is 0.237 e. The van der Waals surface area contributed by atoms with Crippen LogP contribution in [-0.4, -0.2) is 50.6 Å². The number of carbonyl (C=O) groups excluding carboxylic acids is 1. The summed E-state index contributed by atoms with van der Waals surface area (Å²) in [7, 11) is 4.04. The van der Waals surface area contributed by atoms with Crippen molar-refractivity contribution in [2.75, 3.05) is 33.8 Å². The van der Waals surface area contributed by atoms with Crippen LogP contribution < -0.4 is 15.4 Å². The number of rotatable bonds is 7. The van der Waals surface area contributed by atoms with E-state index < -0.39 is 0 Å². The van der Waals surface area contributed by atoms with Gasteiger partial charge < -0.3 is 20.3 Å². The van der Waals surface area contributed by atoms with E-state index in [0.29, 0.717) is 13.2 Å². The van der Waals surface area contributed by atoms with Gasteiger partial charge in [0.25, 0.3) is 0 Å². The van der Waals surface area contributed by atoms with Gasteiger partial charge >= 0.3 is 0 Å². The van der Waals surface area contributed by atoms with Gasteiger partial charge in [-0.3, -0.25) is 4.79 Å². The second-order valence-corrected chi connectivity index (χ2v) is 5.63. The van der Waals surface area contributed by atoms with Crippen molar-refractivity contribution in [2.24, 2.45) is 0 Å². The van der Waals surface area contributed by atoms with E-state index in [4.69, 9.17) is 4.74 Å². The van der Waals surface area contributed by atoms with Crippen LogP contribution in [0.2, 0.25) is 0 Å².